The van der Waals surface area contributed by atoms with Gasteiger partial charge in [-0.15, -0.1) is 0 Å². The molecule has 3 aromatic rings. The largest absolute Gasteiger partial charge is 0.485 e. The first-order valence-corrected chi connectivity index (χ1v) is 13.2. The smallest absolute Gasteiger partial charge is 0.231 e. The van der Waals surface area contributed by atoms with Crippen molar-refractivity contribution in [2.45, 2.75) is 60.6 Å². The quantitative estimate of drug-likeness (QED) is 0.466. The van der Waals surface area contributed by atoms with Crippen LogP contribution in [0.4, 0.5) is 10.2 Å². The molecule has 0 bridgehead atoms. The molecule has 0 spiro atoms. The fourth-order valence-corrected chi connectivity index (χ4v) is 5.32. The zero-order valence-corrected chi connectivity index (χ0v) is 23.3. The van der Waals surface area contributed by atoms with Crippen molar-refractivity contribution in [1.29, 1.82) is 0 Å². The molecular formula is C30H38FN5O2. The molecule has 1 amide bonds. The molecule has 1 aliphatic heterocycles. The topological polar surface area (TPSA) is 84.6 Å². The fraction of sp³-hybridized carbons (Fsp3) is 0.433. The first kappa shape index (κ1) is 27.5. The number of rotatable bonds is 8. The van der Waals surface area contributed by atoms with Crippen molar-refractivity contribution in [3.05, 3.63) is 69.7 Å². The number of anilines is 1. The molecule has 1 saturated heterocycles. The molecule has 0 aliphatic carbocycles. The second-order valence-corrected chi connectivity index (χ2v) is 10.2. The van der Waals surface area contributed by atoms with E-state index in [1.807, 2.05) is 32.9 Å². The lowest BCUT2D eigenvalue weighted by Crippen LogP contribution is -2.54. The number of aromatic nitrogens is 2. The summed E-state index contributed by atoms with van der Waals surface area (Å²) < 4.78 is 20.9. The van der Waals surface area contributed by atoms with Crippen LogP contribution >= 0.6 is 0 Å². The molecule has 38 heavy (non-hydrogen) atoms. The third-order valence-corrected chi connectivity index (χ3v) is 7.53. The highest BCUT2D eigenvalue weighted by atomic mass is 19.1. The number of halogens is 1. The Balaban J connectivity index is 1.75. The van der Waals surface area contributed by atoms with Crippen molar-refractivity contribution in [1.82, 2.24) is 14.9 Å². The van der Waals surface area contributed by atoms with Crippen LogP contribution in [0.15, 0.2) is 30.3 Å². The van der Waals surface area contributed by atoms with Crippen molar-refractivity contribution in [3.63, 3.8) is 0 Å². The van der Waals surface area contributed by atoms with Gasteiger partial charge in [0, 0.05) is 31.2 Å². The van der Waals surface area contributed by atoms with Gasteiger partial charge in [-0.05, 0) is 69.4 Å². The van der Waals surface area contributed by atoms with Crippen LogP contribution in [0.3, 0.4) is 0 Å². The van der Waals surface area contributed by atoms with Crippen LogP contribution in [-0.4, -0.2) is 53.0 Å². The molecule has 1 aliphatic rings. The molecule has 1 aromatic heterocycles. The number of aryl methyl sites for hydroxylation is 4. The average Bonchev–Trinajstić information content (AvgIpc) is 2.85. The van der Waals surface area contributed by atoms with Crippen LogP contribution in [0.1, 0.15) is 47.4 Å². The molecule has 8 heteroatoms. The van der Waals surface area contributed by atoms with Gasteiger partial charge >= 0.3 is 0 Å². The summed E-state index contributed by atoms with van der Waals surface area (Å²) in [6.07, 6.45) is 0.799. The summed E-state index contributed by atoms with van der Waals surface area (Å²) in [4.78, 5) is 25.8. The van der Waals surface area contributed by atoms with Gasteiger partial charge in [-0.3, -0.25) is 9.69 Å². The number of ether oxygens (including phenoxy) is 1. The molecule has 0 radical (unpaired) electrons. The highest BCUT2D eigenvalue weighted by Gasteiger charge is 2.29. The minimum Gasteiger partial charge on any atom is -0.485 e. The highest BCUT2D eigenvalue weighted by Crippen LogP contribution is 2.32. The second-order valence-electron chi connectivity index (χ2n) is 10.2. The Bertz CT molecular complexity index is 1320. The van der Waals surface area contributed by atoms with Crippen LogP contribution in [0.5, 0.6) is 5.75 Å². The predicted molar refractivity (Wildman–Crippen MR) is 149 cm³/mol. The molecule has 0 unspecified atom stereocenters. The number of carbonyl (C=O) groups is 1. The van der Waals surface area contributed by atoms with Crippen molar-refractivity contribution in [2.24, 2.45) is 5.73 Å². The van der Waals surface area contributed by atoms with Crippen LogP contribution in [0.2, 0.25) is 0 Å². The summed E-state index contributed by atoms with van der Waals surface area (Å²) in [6, 6.07) is 9.54. The van der Waals surface area contributed by atoms with E-state index in [0.717, 1.165) is 51.3 Å². The van der Waals surface area contributed by atoms with E-state index in [9.17, 15) is 9.18 Å². The van der Waals surface area contributed by atoms with E-state index in [0.29, 0.717) is 25.5 Å². The molecule has 202 valence electrons. The molecule has 2 heterocycles. The standard InChI is InChI=1S/C30H38FN5O2/c1-7-23-11-12-25(31)28(21(23)5)38-17-24-22(6)33-29(27-18(2)9-8-10-19(27)3)34-30(24)36-14-13-35(16-26(32)37)20(4)15-36/h8-12,20H,7,13-17H2,1-6H3,(H2,32,37)/t20-/m1/s1. The molecular weight excluding hydrogens is 481 g/mol. The van der Waals surface area contributed by atoms with E-state index in [-0.39, 0.29) is 36.7 Å². The van der Waals surface area contributed by atoms with E-state index < -0.39 is 0 Å². The molecule has 1 atom stereocenters. The Morgan fingerprint density at radius 2 is 1.82 bits per heavy atom. The van der Waals surface area contributed by atoms with E-state index in [2.05, 4.69) is 42.7 Å². The Labute approximate surface area is 224 Å². The maximum Gasteiger partial charge on any atom is 0.231 e. The fourth-order valence-electron chi connectivity index (χ4n) is 5.32. The lowest BCUT2D eigenvalue weighted by molar-refractivity contribution is -0.119. The number of amides is 1. The summed E-state index contributed by atoms with van der Waals surface area (Å²) >= 11 is 0. The van der Waals surface area contributed by atoms with Crippen LogP contribution in [0.25, 0.3) is 11.4 Å². The Kier molecular flexibility index (Phi) is 8.31. The van der Waals surface area contributed by atoms with Gasteiger partial charge in [0.1, 0.15) is 12.4 Å². The van der Waals surface area contributed by atoms with Crippen LogP contribution in [-0.2, 0) is 17.8 Å². The summed E-state index contributed by atoms with van der Waals surface area (Å²) in [5, 5.41) is 0. The Hall–Kier alpha value is -3.52. The van der Waals surface area contributed by atoms with Gasteiger partial charge in [0.15, 0.2) is 17.4 Å². The van der Waals surface area contributed by atoms with Gasteiger partial charge < -0.3 is 15.4 Å². The van der Waals surface area contributed by atoms with E-state index in [1.54, 1.807) is 0 Å². The Morgan fingerprint density at radius 3 is 2.45 bits per heavy atom. The lowest BCUT2D eigenvalue weighted by atomic mass is 10.0. The summed E-state index contributed by atoms with van der Waals surface area (Å²) in [6.45, 7) is 14.5. The van der Waals surface area contributed by atoms with Gasteiger partial charge in [-0.1, -0.05) is 31.2 Å². The monoisotopic (exact) mass is 519 g/mol. The van der Waals surface area contributed by atoms with E-state index in [4.69, 9.17) is 20.4 Å². The van der Waals surface area contributed by atoms with Gasteiger partial charge in [-0.2, -0.15) is 0 Å². The van der Waals surface area contributed by atoms with Crippen molar-refractivity contribution in [2.75, 3.05) is 31.1 Å². The summed E-state index contributed by atoms with van der Waals surface area (Å²) in [5.41, 5.74) is 12.2. The SMILES string of the molecule is CCc1ccc(F)c(OCc2c(C)nc(-c3c(C)cccc3C)nc2N2CCN(CC(N)=O)[C@H](C)C2)c1C. The van der Waals surface area contributed by atoms with Gasteiger partial charge in [0.2, 0.25) is 5.91 Å². The normalized spacial score (nSPS) is 16.1. The van der Waals surface area contributed by atoms with Crippen molar-refractivity contribution in [3.8, 4) is 17.1 Å². The molecule has 7 nitrogen and oxygen atoms in total. The minimum atomic E-state index is -0.374. The molecule has 2 aromatic carbocycles. The molecule has 0 saturated carbocycles. The summed E-state index contributed by atoms with van der Waals surface area (Å²) in [7, 11) is 0. The number of piperazine rings is 1. The average molecular weight is 520 g/mol. The number of benzene rings is 2. The second kappa shape index (κ2) is 11.5. The number of nitrogens with two attached hydrogens (primary N) is 1. The third-order valence-electron chi connectivity index (χ3n) is 7.53. The lowest BCUT2D eigenvalue weighted by Gasteiger charge is -2.40. The van der Waals surface area contributed by atoms with Crippen molar-refractivity contribution >= 4 is 11.7 Å². The predicted octanol–water partition coefficient (Wildman–Crippen LogP) is 4.65. The summed E-state index contributed by atoms with van der Waals surface area (Å²) in [5.74, 6) is 1.01. The van der Waals surface area contributed by atoms with Crippen LogP contribution < -0.4 is 15.4 Å². The zero-order chi connectivity index (χ0) is 27.6. The first-order chi connectivity index (χ1) is 18.1. The number of nitrogens with zero attached hydrogens (tertiary/aromatic N) is 4. The molecule has 2 N–H and O–H groups in total. The minimum absolute atomic E-state index is 0.102. The van der Waals surface area contributed by atoms with Gasteiger partial charge in [0.25, 0.3) is 0 Å². The van der Waals surface area contributed by atoms with Crippen LogP contribution in [0, 0.1) is 33.5 Å². The van der Waals surface area contributed by atoms with Gasteiger partial charge in [0.05, 0.1) is 17.8 Å². The molecule has 1 fully saturated rings. The maximum absolute atomic E-state index is 14.8. The third kappa shape index (κ3) is 5.65. The van der Waals surface area contributed by atoms with Gasteiger partial charge in [-0.25, -0.2) is 14.4 Å². The number of primary amides is 1. The Morgan fingerprint density at radius 1 is 1.11 bits per heavy atom. The number of carbonyl (C=O) groups excluding carboxylic acids is 1. The van der Waals surface area contributed by atoms with E-state index in [1.165, 1.54) is 6.07 Å². The maximum atomic E-state index is 14.8. The highest BCUT2D eigenvalue weighted by molar-refractivity contribution is 5.76. The number of hydrogen-bond donors (Lipinski definition) is 1. The number of hydrogen-bond acceptors (Lipinski definition) is 6. The van der Waals surface area contributed by atoms with Crippen molar-refractivity contribution < 1.29 is 13.9 Å². The first-order valence-electron chi connectivity index (χ1n) is 13.2. The van der Waals surface area contributed by atoms with E-state index >= 15 is 0 Å². The zero-order valence-electron chi connectivity index (χ0n) is 23.3. The molecule has 4 rings (SSSR count).